The molecule has 0 unspecified atom stereocenters. The molecule has 2 heterocycles. The average Bonchev–Trinajstić information content (AvgIpc) is 3.26. The number of halogens is 1. The Morgan fingerprint density at radius 2 is 1.88 bits per heavy atom. The van der Waals surface area contributed by atoms with Gasteiger partial charge < -0.3 is 14.0 Å². The van der Waals surface area contributed by atoms with Crippen molar-refractivity contribution in [1.29, 1.82) is 0 Å². The zero-order valence-corrected chi connectivity index (χ0v) is 16.0. The van der Waals surface area contributed by atoms with Gasteiger partial charge in [0.15, 0.2) is 22.5 Å². The smallest absolute Gasteiger partial charge is 0.231 e. The lowest BCUT2D eigenvalue weighted by atomic mass is 10.2. The van der Waals surface area contributed by atoms with Crippen molar-refractivity contribution in [1.82, 2.24) is 14.8 Å². The molecule has 0 amide bonds. The van der Waals surface area contributed by atoms with Crippen molar-refractivity contribution in [3.05, 3.63) is 52.5 Å². The molecular weight excluding hydrogens is 402 g/mol. The van der Waals surface area contributed by atoms with E-state index in [0.29, 0.717) is 0 Å². The van der Waals surface area contributed by atoms with Gasteiger partial charge in [-0.15, -0.1) is 10.2 Å². The Kier molecular flexibility index (Phi) is 4.67. The van der Waals surface area contributed by atoms with Crippen molar-refractivity contribution in [3.8, 4) is 22.9 Å². The van der Waals surface area contributed by atoms with E-state index in [9.17, 15) is 0 Å². The van der Waals surface area contributed by atoms with Crippen LogP contribution in [-0.4, -0.2) is 21.6 Å². The van der Waals surface area contributed by atoms with E-state index in [1.54, 1.807) is 11.8 Å². The lowest BCUT2D eigenvalue weighted by molar-refractivity contribution is 0.174. The zero-order valence-electron chi connectivity index (χ0n) is 13.6. The molecule has 4 rings (SSSR count). The van der Waals surface area contributed by atoms with Gasteiger partial charge in [-0.2, -0.15) is 0 Å². The molecule has 25 heavy (non-hydrogen) atoms. The van der Waals surface area contributed by atoms with Crippen molar-refractivity contribution >= 4 is 27.7 Å². The summed E-state index contributed by atoms with van der Waals surface area (Å²) in [7, 11) is 0. The molecule has 7 heteroatoms. The number of aromatic nitrogens is 3. The first-order chi connectivity index (χ1) is 12.2. The monoisotopic (exact) mass is 417 g/mol. The quantitative estimate of drug-likeness (QED) is 0.560. The molecule has 0 saturated carbocycles. The summed E-state index contributed by atoms with van der Waals surface area (Å²) in [5, 5.41) is 9.70. The Labute approximate surface area is 158 Å². The number of hydrogen-bond acceptors (Lipinski definition) is 5. The molecule has 3 aromatic rings. The van der Waals surface area contributed by atoms with Crippen LogP contribution in [0.5, 0.6) is 11.5 Å². The number of rotatable bonds is 5. The number of fused-ring (bicyclic) bond motifs is 1. The topological polar surface area (TPSA) is 49.2 Å². The molecule has 0 radical (unpaired) electrons. The van der Waals surface area contributed by atoms with Crippen LogP contribution in [0.15, 0.2) is 52.1 Å². The summed E-state index contributed by atoms with van der Waals surface area (Å²) in [6, 6.07) is 14.2. The van der Waals surface area contributed by atoms with Gasteiger partial charge in [-0.1, -0.05) is 39.8 Å². The van der Waals surface area contributed by atoms with Gasteiger partial charge in [0.2, 0.25) is 6.79 Å². The molecule has 0 N–H and O–H groups in total. The van der Waals surface area contributed by atoms with Crippen molar-refractivity contribution in [2.75, 3.05) is 6.79 Å². The van der Waals surface area contributed by atoms with E-state index < -0.39 is 0 Å². The van der Waals surface area contributed by atoms with E-state index in [1.165, 1.54) is 5.56 Å². The number of nitrogens with zero attached hydrogens (tertiary/aromatic N) is 3. The first kappa shape index (κ1) is 16.5. The number of ether oxygens (including phenoxy) is 2. The van der Waals surface area contributed by atoms with Gasteiger partial charge in [0.25, 0.3) is 0 Å². The SMILES string of the molecule is CCn1c(SCc2ccc(Br)cc2)nnc1-c1ccc2c(c1)OCO2. The molecule has 0 bridgehead atoms. The molecule has 5 nitrogen and oxygen atoms in total. The Bertz CT molecular complexity index is 896. The predicted molar refractivity (Wildman–Crippen MR) is 101 cm³/mol. The van der Waals surface area contributed by atoms with E-state index in [0.717, 1.165) is 44.8 Å². The fourth-order valence-electron chi connectivity index (χ4n) is 2.66. The van der Waals surface area contributed by atoms with E-state index >= 15 is 0 Å². The second-order valence-electron chi connectivity index (χ2n) is 5.53. The molecule has 0 spiro atoms. The van der Waals surface area contributed by atoms with Crippen LogP contribution in [0.2, 0.25) is 0 Å². The van der Waals surface area contributed by atoms with E-state index in [1.807, 2.05) is 18.2 Å². The van der Waals surface area contributed by atoms with Gasteiger partial charge >= 0.3 is 0 Å². The average molecular weight is 418 g/mol. The number of hydrogen-bond donors (Lipinski definition) is 0. The summed E-state index contributed by atoms with van der Waals surface area (Å²) < 4.78 is 14.1. The lowest BCUT2D eigenvalue weighted by Crippen LogP contribution is -2.00. The van der Waals surface area contributed by atoms with E-state index in [4.69, 9.17) is 9.47 Å². The number of benzene rings is 2. The summed E-state index contributed by atoms with van der Waals surface area (Å²) in [5.41, 5.74) is 2.23. The molecule has 1 aromatic heterocycles. The van der Waals surface area contributed by atoms with Crippen molar-refractivity contribution < 1.29 is 9.47 Å². The van der Waals surface area contributed by atoms with Crippen LogP contribution < -0.4 is 9.47 Å². The summed E-state index contributed by atoms with van der Waals surface area (Å²) >= 11 is 5.15. The zero-order chi connectivity index (χ0) is 17.2. The van der Waals surface area contributed by atoms with Gasteiger partial charge in [-0.05, 0) is 42.8 Å². The second kappa shape index (κ2) is 7.09. The Balaban J connectivity index is 1.57. The van der Waals surface area contributed by atoms with Crippen LogP contribution in [0.1, 0.15) is 12.5 Å². The van der Waals surface area contributed by atoms with E-state index in [-0.39, 0.29) is 6.79 Å². The van der Waals surface area contributed by atoms with Crippen molar-refractivity contribution in [3.63, 3.8) is 0 Å². The first-order valence-corrected chi connectivity index (χ1v) is 9.73. The van der Waals surface area contributed by atoms with Gasteiger partial charge in [-0.25, -0.2) is 0 Å². The summed E-state index contributed by atoms with van der Waals surface area (Å²) in [6.07, 6.45) is 0. The lowest BCUT2D eigenvalue weighted by Gasteiger charge is -2.08. The van der Waals surface area contributed by atoms with Crippen LogP contribution >= 0.6 is 27.7 Å². The standard InChI is InChI=1S/C18H16BrN3O2S/c1-2-22-17(13-5-8-15-16(9-13)24-11-23-15)20-21-18(22)25-10-12-3-6-14(19)7-4-12/h3-9H,2,10-11H2,1H3. The predicted octanol–water partition coefficient (Wildman–Crippen LogP) is 4.75. The molecule has 1 aliphatic heterocycles. The largest absolute Gasteiger partial charge is 0.454 e. The highest BCUT2D eigenvalue weighted by atomic mass is 79.9. The van der Waals surface area contributed by atoms with Crippen LogP contribution in [0, 0.1) is 0 Å². The third kappa shape index (κ3) is 3.39. The van der Waals surface area contributed by atoms with Crippen molar-refractivity contribution in [2.24, 2.45) is 0 Å². The third-order valence-corrected chi connectivity index (χ3v) is 5.51. The summed E-state index contributed by atoms with van der Waals surface area (Å²) in [4.78, 5) is 0. The molecule has 1 aliphatic rings. The van der Waals surface area contributed by atoms with Crippen LogP contribution in [0.3, 0.4) is 0 Å². The van der Waals surface area contributed by atoms with Crippen molar-refractivity contribution in [2.45, 2.75) is 24.4 Å². The van der Waals surface area contributed by atoms with E-state index in [2.05, 4.69) is 61.9 Å². The van der Waals surface area contributed by atoms with Crippen LogP contribution in [0.25, 0.3) is 11.4 Å². The molecular formula is C18H16BrN3O2S. The maximum Gasteiger partial charge on any atom is 0.231 e. The fraction of sp³-hybridized carbons (Fsp3) is 0.222. The Morgan fingerprint density at radius 1 is 1.08 bits per heavy atom. The van der Waals surface area contributed by atoms with Gasteiger partial charge in [0, 0.05) is 22.3 Å². The molecule has 0 fully saturated rings. The molecule has 0 saturated heterocycles. The minimum Gasteiger partial charge on any atom is -0.454 e. The second-order valence-corrected chi connectivity index (χ2v) is 7.39. The normalized spacial score (nSPS) is 12.6. The van der Waals surface area contributed by atoms with Gasteiger partial charge in [-0.3, -0.25) is 0 Å². The fourth-order valence-corrected chi connectivity index (χ4v) is 3.88. The van der Waals surface area contributed by atoms with Crippen LogP contribution in [0.4, 0.5) is 0 Å². The highest BCUT2D eigenvalue weighted by molar-refractivity contribution is 9.10. The molecule has 128 valence electrons. The van der Waals surface area contributed by atoms with Gasteiger partial charge in [0.05, 0.1) is 0 Å². The van der Waals surface area contributed by atoms with Crippen LogP contribution in [-0.2, 0) is 12.3 Å². The highest BCUT2D eigenvalue weighted by Crippen LogP contribution is 2.36. The molecule has 0 atom stereocenters. The third-order valence-electron chi connectivity index (χ3n) is 3.95. The first-order valence-electron chi connectivity index (χ1n) is 7.95. The summed E-state index contributed by atoms with van der Waals surface area (Å²) in [5.74, 6) is 3.23. The Morgan fingerprint density at radius 3 is 2.68 bits per heavy atom. The van der Waals surface area contributed by atoms with Gasteiger partial charge in [0.1, 0.15) is 0 Å². The minimum absolute atomic E-state index is 0.271. The maximum atomic E-state index is 5.47. The highest BCUT2D eigenvalue weighted by Gasteiger charge is 2.18. The molecule has 2 aromatic carbocycles. The summed E-state index contributed by atoms with van der Waals surface area (Å²) in [6.45, 7) is 3.18. The minimum atomic E-state index is 0.271. The number of thioether (sulfide) groups is 1. The molecule has 0 aliphatic carbocycles. The Hall–Kier alpha value is -1.99. The maximum absolute atomic E-state index is 5.47.